The molecule has 0 radical (unpaired) electrons. The molecule has 1 aliphatic heterocycles. The molecule has 0 spiro atoms. The Bertz CT molecular complexity index is 1570. The largest absolute Gasteiger partial charge is 0.461 e. The number of carbonyl (C=O) groups is 3. The molecule has 1 fully saturated rings. The lowest BCUT2D eigenvalue weighted by atomic mass is 9.78. The number of nitrogens with two attached hydrogens (primary N) is 1. The minimum absolute atomic E-state index is 0.00291. The summed E-state index contributed by atoms with van der Waals surface area (Å²) < 4.78 is 59.2. The number of likely N-dealkylation sites (N-methyl/N-ethyl adjacent to an activating group) is 1. The Kier molecular flexibility index (Phi) is 9.27. The Morgan fingerprint density at radius 3 is 2.28 bits per heavy atom. The summed E-state index contributed by atoms with van der Waals surface area (Å²) in [6.07, 6.45) is -4.71. The lowest BCUT2D eigenvalue weighted by Crippen LogP contribution is -2.59. The zero-order valence-corrected chi connectivity index (χ0v) is 23.2. The van der Waals surface area contributed by atoms with Crippen LogP contribution >= 0.6 is 0 Å². The van der Waals surface area contributed by atoms with Crippen molar-refractivity contribution in [3.63, 3.8) is 0 Å². The number of amidine groups is 1. The molecule has 3 aromatic carbocycles. The van der Waals surface area contributed by atoms with Crippen LogP contribution in [0.15, 0.2) is 95.1 Å². The van der Waals surface area contributed by atoms with Crippen LogP contribution in [-0.4, -0.2) is 47.7 Å². The van der Waals surface area contributed by atoms with E-state index in [1.807, 2.05) is 0 Å². The molecule has 1 saturated heterocycles. The van der Waals surface area contributed by atoms with Crippen LogP contribution < -0.4 is 11.1 Å². The van der Waals surface area contributed by atoms with E-state index in [1.165, 1.54) is 23.1 Å². The highest BCUT2D eigenvalue weighted by Crippen LogP contribution is 2.38. The molecule has 43 heavy (non-hydrogen) atoms. The van der Waals surface area contributed by atoms with E-state index in [4.69, 9.17) is 10.5 Å². The standard InChI is InChI=1S/C31H28F4N4O4/c1-3-39-27(37-22-11-6-5-7-12-22)24(25(36)30(42)43-4-2)23(18-13-15-21(32)16-14-18)26(29(39)41)38-28(40)19-9-8-10-20(17-19)31(33,34)35/h5-17,23,26H,3-4,36H2,1-2H3,(H,38,40)/b25-24-,37-27?. The molecule has 2 atom stereocenters. The van der Waals surface area contributed by atoms with Gasteiger partial charge in [-0.3, -0.25) is 14.5 Å². The molecule has 2 unspecified atom stereocenters. The molecule has 0 saturated carbocycles. The summed E-state index contributed by atoms with van der Waals surface area (Å²) in [6.45, 7) is 3.22. The number of ether oxygens (including phenoxy) is 1. The fourth-order valence-electron chi connectivity index (χ4n) is 4.76. The van der Waals surface area contributed by atoms with E-state index in [0.717, 1.165) is 24.3 Å². The van der Waals surface area contributed by atoms with Gasteiger partial charge in [0.05, 0.1) is 17.9 Å². The Balaban J connectivity index is 1.94. The third-order valence-electron chi connectivity index (χ3n) is 6.73. The molecule has 0 aliphatic carbocycles. The van der Waals surface area contributed by atoms with E-state index in [-0.39, 0.29) is 35.7 Å². The monoisotopic (exact) mass is 596 g/mol. The SMILES string of the molecule is CCOC(=O)/C(N)=C1/C(=Nc2ccccc2)N(CC)C(=O)C(NC(=O)c2cccc(C(F)(F)F)c2)C1c1ccc(F)cc1. The predicted octanol–water partition coefficient (Wildman–Crippen LogP) is 5.09. The van der Waals surface area contributed by atoms with Crippen LogP contribution in [0.1, 0.15) is 41.3 Å². The maximum atomic E-state index is 14.1. The van der Waals surface area contributed by atoms with Crippen molar-refractivity contribution in [3.05, 3.63) is 113 Å². The summed E-state index contributed by atoms with van der Waals surface area (Å²) in [7, 11) is 0. The molecule has 2 amide bonds. The maximum Gasteiger partial charge on any atom is 0.416 e. The second-order valence-electron chi connectivity index (χ2n) is 9.46. The number of rotatable bonds is 7. The van der Waals surface area contributed by atoms with Crippen LogP contribution in [0.25, 0.3) is 0 Å². The number of halogens is 4. The van der Waals surface area contributed by atoms with Crippen LogP contribution in [0, 0.1) is 5.82 Å². The average Bonchev–Trinajstić information content (AvgIpc) is 2.99. The van der Waals surface area contributed by atoms with E-state index >= 15 is 0 Å². The number of nitrogens with zero attached hydrogens (tertiary/aromatic N) is 2. The minimum atomic E-state index is -4.71. The average molecular weight is 597 g/mol. The normalized spacial score (nSPS) is 19.3. The van der Waals surface area contributed by atoms with Gasteiger partial charge in [-0.1, -0.05) is 36.4 Å². The molecule has 3 N–H and O–H groups in total. The molecule has 224 valence electrons. The highest BCUT2D eigenvalue weighted by Gasteiger charge is 2.47. The fraction of sp³-hybridized carbons (Fsp3) is 0.226. The third kappa shape index (κ3) is 6.74. The quantitative estimate of drug-likeness (QED) is 0.224. The van der Waals surface area contributed by atoms with Gasteiger partial charge in [0.15, 0.2) is 0 Å². The number of alkyl halides is 3. The smallest absolute Gasteiger partial charge is 0.416 e. The molecule has 1 aliphatic rings. The van der Waals surface area contributed by atoms with Gasteiger partial charge >= 0.3 is 12.1 Å². The first kappa shape index (κ1) is 30.9. The topological polar surface area (TPSA) is 114 Å². The van der Waals surface area contributed by atoms with Crippen molar-refractivity contribution in [3.8, 4) is 0 Å². The molecule has 3 aromatic rings. The van der Waals surface area contributed by atoms with Crippen molar-refractivity contribution in [2.75, 3.05) is 13.2 Å². The van der Waals surface area contributed by atoms with Crippen LogP contribution in [0.5, 0.6) is 0 Å². The second-order valence-corrected chi connectivity index (χ2v) is 9.46. The Hall–Kier alpha value is -5.00. The van der Waals surface area contributed by atoms with Crippen molar-refractivity contribution in [1.82, 2.24) is 10.2 Å². The first-order valence-corrected chi connectivity index (χ1v) is 13.3. The number of para-hydroxylation sites is 1. The number of likely N-dealkylation sites (tertiary alicyclic amines) is 1. The van der Waals surface area contributed by atoms with E-state index < -0.39 is 53.0 Å². The number of carbonyl (C=O) groups excluding carboxylic acids is 3. The number of amides is 2. The summed E-state index contributed by atoms with van der Waals surface area (Å²) in [6, 6.07) is 15.7. The van der Waals surface area contributed by atoms with Gasteiger partial charge in [0.2, 0.25) is 0 Å². The van der Waals surface area contributed by atoms with Crippen LogP contribution in [-0.2, 0) is 20.5 Å². The van der Waals surface area contributed by atoms with Crippen molar-refractivity contribution >= 4 is 29.3 Å². The number of esters is 1. The highest BCUT2D eigenvalue weighted by molar-refractivity contribution is 6.18. The number of aliphatic imine (C=N–C) groups is 1. The van der Waals surface area contributed by atoms with Crippen LogP contribution in [0.3, 0.4) is 0 Å². The molecule has 12 heteroatoms. The van der Waals surface area contributed by atoms with Gasteiger partial charge in [0, 0.05) is 23.6 Å². The van der Waals surface area contributed by atoms with Gasteiger partial charge < -0.3 is 15.8 Å². The van der Waals surface area contributed by atoms with Crippen molar-refractivity contribution < 1.29 is 36.7 Å². The van der Waals surface area contributed by atoms with Gasteiger partial charge in [-0.25, -0.2) is 14.2 Å². The first-order valence-electron chi connectivity index (χ1n) is 13.3. The van der Waals surface area contributed by atoms with Gasteiger partial charge in [0.1, 0.15) is 23.4 Å². The minimum Gasteiger partial charge on any atom is -0.461 e. The number of benzene rings is 3. The molecular formula is C31H28F4N4O4. The highest BCUT2D eigenvalue weighted by atomic mass is 19.4. The summed E-state index contributed by atoms with van der Waals surface area (Å²) in [5.41, 5.74) is 5.30. The first-order chi connectivity index (χ1) is 20.5. The lowest BCUT2D eigenvalue weighted by Gasteiger charge is -2.41. The summed E-state index contributed by atoms with van der Waals surface area (Å²) in [5, 5.41) is 2.54. The lowest BCUT2D eigenvalue weighted by molar-refractivity contribution is -0.139. The molecule has 8 nitrogen and oxygen atoms in total. The van der Waals surface area contributed by atoms with Crippen LogP contribution in [0.2, 0.25) is 0 Å². The number of nitrogens with one attached hydrogen (secondary N) is 1. The van der Waals surface area contributed by atoms with Gasteiger partial charge in [-0.15, -0.1) is 0 Å². The Labute approximate surface area is 244 Å². The zero-order valence-electron chi connectivity index (χ0n) is 23.2. The third-order valence-corrected chi connectivity index (χ3v) is 6.73. The van der Waals surface area contributed by atoms with E-state index in [0.29, 0.717) is 11.8 Å². The van der Waals surface area contributed by atoms with E-state index in [9.17, 15) is 31.9 Å². The summed E-state index contributed by atoms with van der Waals surface area (Å²) in [5.74, 6) is -4.37. The Morgan fingerprint density at radius 2 is 1.67 bits per heavy atom. The molecular weight excluding hydrogens is 568 g/mol. The molecule has 4 rings (SSSR count). The fourth-order valence-corrected chi connectivity index (χ4v) is 4.76. The zero-order chi connectivity index (χ0) is 31.3. The van der Waals surface area contributed by atoms with E-state index in [2.05, 4.69) is 10.3 Å². The number of hydrogen-bond donors (Lipinski definition) is 2. The van der Waals surface area contributed by atoms with Crippen molar-refractivity contribution in [2.45, 2.75) is 32.0 Å². The number of hydrogen-bond acceptors (Lipinski definition) is 6. The number of piperidine rings is 1. The van der Waals surface area contributed by atoms with Crippen LogP contribution in [0.4, 0.5) is 23.2 Å². The second kappa shape index (κ2) is 12.9. The van der Waals surface area contributed by atoms with Gasteiger partial charge in [0.25, 0.3) is 11.8 Å². The summed E-state index contributed by atoms with van der Waals surface area (Å²) >= 11 is 0. The summed E-state index contributed by atoms with van der Waals surface area (Å²) in [4.78, 5) is 46.3. The Morgan fingerprint density at radius 1 is 1.00 bits per heavy atom. The van der Waals surface area contributed by atoms with Crippen molar-refractivity contribution in [1.29, 1.82) is 0 Å². The van der Waals surface area contributed by atoms with Crippen molar-refractivity contribution in [2.24, 2.45) is 10.7 Å². The molecule has 1 heterocycles. The predicted molar refractivity (Wildman–Crippen MR) is 151 cm³/mol. The maximum absolute atomic E-state index is 14.1. The van der Waals surface area contributed by atoms with Gasteiger partial charge in [-0.2, -0.15) is 13.2 Å². The molecule has 0 aromatic heterocycles. The van der Waals surface area contributed by atoms with E-state index in [1.54, 1.807) is 44.2 Å². The molecule has 0 bridgehead atoms. The van der Waals surface area contributed by atoms with Gasteiger partial charge in [-0.05, 0) is 61.9 Å².